The molecule has 28 heavy (non-hydrogen) atoms. The molecular formula is C21H25N3O2S2. The van der Waals surface area contributed by atoms with Crippen molar-refractivity contribution in [3.63, 3.8) is 0 Å². The van der Waals surface area contributed by atoms with Crippen LogP contribution >= 0.6 is 22.7 Å². The number of rotatable bonds is 7. The molecule has 148 valence electrons. The second-order valence-corrected chi connectivity index (χ2v) is 8.71. The van der Waals surface area contributed by atoms with Gasteiger partial charge in [0, 0.05) is 49.5 Å². The number of benzene rings is 1. The van der Waals surface area contributed by atoms with E-state index >= 15 is 0 Å². The fourth-order valence-electron chi connectivity index (χ4n) is 3.52. The van der Waals surface area contributed by atoms with Crippen LogP contribution in [0.3, 0.4) is 0 Å². The van der Waals surface area contributed by atoms with Crippen molar-refractivity contribution >= 4 is 22.7 Å². The molecule has 3 heterocycles. The van der Waals surface area contributed by atoms with Crippen LogP contribution in [0.5, 0.6) is 11.5 Å². The molecule has 0 amide bonds. The first-order chi connectivity index (χ1) is 13.8. The second-order valence-electron chi connectivity index (χ2n) is 6.82. The molecular weight excluding hydrogens is 390 g/mol. The highest BCUT2D eigenvalue weighted by Crippen LogP contribution is 2.39. The van der Waals surface area contributed by atoms with Crippen LogP contribution in [-0.4, -0.2) is 55.2 Å². The molecule has 0 N–H and O–H groups in total. The van der Waals surface area contributed by atoms with E-state index in [1.165, 1.54) is 4.88 Å². The lowest BCUT2D eigenvalue weighted by atomic mass is 10.2. The number of para-hydroxylation sites is 1. The molecule has 1 fully saturated rings. The Balaban J connectivity index is 1.37. The lowest BCUT2D eigenvalue weighted by Gasteiger charge is -2.34. The molecule has 1 saturated heterocycles. The van der Waals surface area contributed by atoms with Gasteiger partial charge in [-0.3, -0.25) is 9.80 Å². The van der Waals surface area contributed by atoms with Gasteiger partial charge >= 0.3 is 0 Å². The number of methoxy groups -OCH3 is 2. The normalized spacial score (nSPS) is 15.6. The summed E-state index contributed by atoms with van der Waals surface area (Å²) in [6.45, 7) is 6.36. The highest BCUT2D eigenvalue weighted by atomic mass is 32.1. The van der Waals surface area contributed by atoms with Crippen molar-refractivity contribution in [2.24, 2.45) is 0 Å². The molecule has 0 unspecified atom stereocenters. The van der Waals surface area contributed by atoms with E-state index in [0.717, 1.165) is 67.0 Å². The molecule has 4 rings (SSSR count). The molecule has 0 spiro atoms. The maximum atomic E-state index is 5.56. The summed E-state index contributed by atoms with van der Waals surface area (Å²) in [5.74, 6) is 1.48. The minimum atomic E-state index is 0.735. The molecule has 1 aliphatic heterocycles. The van der Waals surface area contributed by atoms with Crippen molar-refractivity contribution in [1.29, 1.82) is 0 Å². The van der Waals surface area contributed by atoms with Crippen LogP contribution in [0.4, 0.5) is 0 Å². The van der Waals surface area contributed by atoms with Crippen molar-refractivity contribution in [1.82, 2.24) is 14.8 Å². The third-order valence-corrected chi connectivity index (χ3v) is 6.78. The van der Waals surface area contributed by atoms with E-state index in [-0.39, 0.29) is 0 Å². The van der Waals surface area contributed by atoms with Gasteiger partial charge in [-0.25, -0.2) is 4.98 Å². The van der Waals surface area contributed by atoms with Crippen LogP contribution in [-0.2, 0) is 13.1 Å². The quantitative estimate of drug-likeness (QED) is 0.578. The summed E-state index contributed by atoms with van der Waals surface area (Å²) in [4.78, 5) is 11.3. The highest BCUT2D eigenvalue weighted by Gasteiger charge is 2.19. The number of aromatic nitrogens is 1. The average molecular weight is 416 g/mol. The minimum absolute atomic E-state index is 0.735. The van der Waals surface area contributed by atoms with E-state index < -0.39 is 0 Å². The summed E-state index contributed by atoms with van der Waals surface area (Å²) in [5.41, 5.74) is 2.11. The molecule has 2 aromatic heterocycles. The van der Waals surface area contributed by atoms with Crippen molar-refractivity contribution < 1.29 is 9.47 Å². The van der Waals surface area contributed by atoms with Crippen molar-refractivity contribution in [3.8, 4) is 22.1 Å². The zero-order valence-corrected chi connectivity index (χ0v) is 17.9. The number of nitrogens with zero attached hydrogens (tertiary/aromatic N) is 3. The third kappa shape index (κ3) is 4.38. The summed E-state index contributed by atoms with van der Waals surface area (Å²) in [7, 11) is 3.33. The lowest BCUT2D eigenvalue weighted by Crippen LogP contribution is -2.45. The number of ether oxygens (including phenoxy) is 2. The van der Waals surface area contributed by atoms with Gasteiger partial charge in [0.1, 0.15) is 5.01 Å². The van der Waals surface area contributed by atoms with Crippen molar-refractivity contribution in [2.75, 3.05) is 40.4 Å². The zero-order chi connectivity index (χ0) is 19.3. The Morgan fingerprint density at radius 3 is 2.39 bits per heavy atom. The van der Waals surface area contributed by atoms with Crippen LogP contribution in [0.15, 0.2) is 41.1 Å². The van der Waals surface area contributed by atoms with Crippen molar-refractivity contribution in [2.45, 2.75) is 13.1 Å². The number of hydrogen-bond donors (Lipinski definition) is 0. The molecule has 7 heteroatoms. The molecule has 0 aliphatic carbocycles. The Bertz CT molecular complexity index is 887. The van der Waals surface area contributed by atoms with Crippen LogP contribution in [0.25, 0.3) is 10.6 Å². The monoisotopic (exact) mass is 415 g/mol. The number of thiophene rings is 1. The van der Waals surface area contributed by atoms with E-state index in [0.29, 0.717) is 0 Å². The van der Waals surface area contributed by atoms with Gasteiger partial charge < -0.3 is 9.47 Å². The fourth-order valence-corrected chi connectivity index (χ4v) is 5.10. The molecule has 0 atom stereocenters. The zero-order valence-electron chi connectivity index (χ0n) is 16.3. The molecule has 1 aromatic carbocycles. The standard InChI is InChI=1S/C21H25N3O2S2/c1-25-19-7-3-6-18(20(19)26-2)21-22-16(15-28-21)13-23-8-10-24(11-9-23)14-17-5-4-12-27-17/h3-7,12,15H,8-11,13-14H2,1-2H3. The van der Waals surface area contributed by atoms with E-state index in [2.05, 4.69) is 32.7 Å². The van der Waals surface area contributed by atoms with Gasteiger partial charge in [0.05, 0.1) is 25.5 Å². The number of piperazine rings is 1. The molecule has 5 nitrogen and oxygen atoms in total. The average Bonchev–Trinajstić information content (AvgIpc) is 3.41. The Hall–Kier alpha value is -1.93. The predicted molar refractivity (Wildman–Crippen MR) is 116 cm³/mol. The topological polar surface area (TPSA) is 37.8 Å². The summed E-state index contributed by atoms with van der Waals surface area (Å²) in [5, 5.41) is 5.29. The van der Waals surface area contributed by atoms with Crippen LogP contribution in [0.2, 0.25) is 0 Å². The van der Waals surface area contributed by atoms with Crippen molar-refractivity contribution in [3.05, 3.63) is 51.7 Å². The number of hydrogen-bond acceptors (Lipinski definition) is 7. The molecule has 0 saturated carbocycles. The minimum Gasteiger partial charge on any atom is -0.493 e. The van der Waals surface area contributed by atoms with Gasteiger partial charge in [-0.1, -0.05) is 12.1 Å². The summed E-state index contributed by atoms with van der Waals surface area (Å²) >= 11 is 3.50. The SMILES string of the molecule is COc1cccc(-c2nc(CN3CCN(Cc4cccs4)CC3)cs2)c1OC. The van der Waals surface area contributed by atoms with Crippen LogP contribution in [0, 0.1) is 0 Å². The fraction of sp³-hybridized carbons (Fsp3) is 0.381. The Morgan fingerprint density at radius 1 is 0.929 bits per heavy atom. The van der Waals surface area contributed by atoms with Gasteiger partial charge in [-0.05, 0) is 23.6 Å². The largest absolute Gasteiger partial charge is 0.493 e. The summed E-state index contributed by atoms with van der Waals surface area (Å²) in [6.07, 6.45) is 0. The Labute approximate surface area is 174 Å². The Morgan fingerprint density at radius 2 is 1.71 bits per heavy atom. The van der Waals surface area contributed by atoms with E-state index in [9.17, 15) is 0 Å². The number of thiazole rings is 1. The smallest absolute Gasteiger partial charge is 0.170 e. The summed E-state index contributed by atoms with van der Waals surface area (Å²) in [6, 6.07) is 10.3. The van der Waals surface area contributed by atoms with Crippen LogP contribution < -0.4 is 9.47 Å². The van der Waals surface area contributed by atoms with E-state index in [1.54, 1.807) is 25.6 Å². The lowest BCUT2D eigenvalue weighted by molar-refractivity contribution is 0.122. The third-order valence-electron chi connectivity index (χ3n) is 5.00. The second kappa shape index (κ2) is 9.05. The predicted octanol–water partition coefficient (Wildman–Crippen LogP) is 4.21. The highest BCUT2D eigenvalue weighted by molar-refractivity contribution is 7.13. The van der Waals surface area contributed by atoms with Gasteiger partial charge in [-0.2, -0.15) is 0 Å². The van der Waals surface area contributed by atoms with Gasteiger partial charge in [0.25, 0.3) is 0 Å². The first-order valence-electron chi connectivity index (χ1n) is 9.39. The molecule has 0 radical (unpaired) electrons. The van der Waals surface area contributed by atoms with E-state index in [1.807, 2.05) is 29.5 Å². The van der Waals surface area contributed by atoms with Gasteiger partial charge in [0.2, 0.25) is 0 Å². The molecule has 0 bridgehead atoms. The van der Waals surface area contributed by atoms with E-state index in [4.69, 9.17) is 14.5 Å². The first kappa shape index (κ1) is 19.4. The maximum Gasteiger partial charge on any atom is 0.170 e. The molecule has 1 aliphatic rings. The maximum absolute atomic E-state index is 5.56. The van der Waals surface area contributed by atoms with Gasteiger partial charge in [0.15, 0.2) is 11.5 Å². The van der Waals surface area contributed by atoms with Gasteiger partial charge in [-0.15, -0.1) is 22.7 Å². The summed E-state index contributed by atoms with van der Waals surface area (Å²) < 4.78 is 11.0. The molecule has 3 aromatic rings. The van der Waals surface area contributed by atoms with Crippen LogP contribution in [0.1, 0.15) is 10.6 Å². The Kier molecular flexibility index (Phi) is 6.26. The first-order valence-corrected chi connectivity index (χ1v) is 11.2.